The van der Waals surface area contributed by atoms with Crippen LogP contribution in [0.1, 0.15) is 5.56 Å². The molecule has 23 heavy (non-hydrogen) atoms. The highest BCUT2D eigenvalue weighted by atomic mass is 16.5. The lowest BCUT2D eigenvalue weighted by Crippen LogP contribution is -2.46. The molecule has 0 aromatic heterocycles. The second kappa shape index (κ2) is 5.93. The first-order chi connectivity index (χ1) is 11.4. The lowest BCUT2D eigenvalue weighted by molar-refractivity contribution is 0.356. The Labute approximate surface area is 135 Å². The highest BCUT2D eigenvalue weighted by Crippen LogP contribution is 2.42. The van der Waals surface area contributed by atoms with E-state index in [1.807, 2.05) is 42.5 Å². The van der Waals surface area contributed by atoms with Crippen LogP contribution in [-0.2, 0) is 0 Å². The number of nitrogens with one attached hydrogen (secondary N) is 1. The van der Waals surface area contributed by atoms with E-state index in [4.69, 9.17) is 14.5 Å². The number of hydrogen-bond donors (Lipinski definition) is 1. The maximum atomic E-state index is 6.16. The highest BCUT2D eigenvalue weighted by Gasteiger charge is 2.25. The summed E-state index contributed by atoms with van der Waals surface area (Å²) in [5.41, 5.74) is 1.82. The number of fused-ring (bicyclic) bond motifs is 2. The van der Waals surface area contributed by atoms with Crippen molar-refractivity contribution in [3.63, 3.8) is 0 Å². The second-order valence-corrected chi connectivity index (χ2v) is 5.58. The van der Waals surface area contributed by atoms with Crippen molar-refractivity contribution in [2.24, 2.45) is 4.99 Å². The van der Waals surface area contributed by atoms with Crippen LogP contribution in [0.5, 0.6) is 17.2 Å². The molecule has 2 heterocycles. The van der Waals surface area contributed by atoms with Crippen molar-refractivity contribution < 1.29 is 9.47 Å². The molecule has 0 unspecified atom stereocenters. The van der Waals surface area contributed by atoms with Gasteiger partial charge in [0.2, 0.25) is 0 Å². The van der Waals surface area contributed by atoms with Gasteiger partial charge in [0.15, 0.2) is 17.2 Å². The Morgan fingerprint density at radius 2 is 1.91 bits per heavy atom. The predicted octanol–water partition coefficient (Wildman–Crippen LogP) is 2.78. The molecule has 1 saturated heterocycles. The minimum atomic E-state index is 0.724. The molecule has 0 spiro atoms. The molecular weight excluding hydrogens is 290 g/mol. The fraction of sp³-hybridized carbons (Fsp3) is 0.278. The average molecular weight is 309 g/mol. The Morgan fingerprint density at radius 1 is 1.09 bits per heavy atom. The van der Waals surface area contributed by atoms with Crippen LogP contribution >= 0.6 is 0 Å². The van der Waals surface area contributed by atoms with E-state index in [2.05, 4.69) is 10.2 Å². The van der Waals surface area contributed by atoms with Crippen LogP contribution in [0.2, 0.25) is 0 Å². The summed E-state index contributed by atoms with van der Waals surface area (Å²) in [5, 5.41) is 3.38. The zero-order chi connectivity index (χ0) is 15.6. The Kier molecular flexibility index (Phi) is 3.63. The van der Waals surface area contributed by atoms with Crippen molar-refractivity contribution in [1.29, 1.82) is 0 Å². The summed E-state index contributed by atoms with van der Waals surface area (Å²) in [6.07, 6.45) is 0. The first-order valence-corrected chi connectivity index (χ1v) is 7.85. The molecule has 118 valence electrons. The monoisotopic (exact) mass is 309 g/mol. The molecule has 2 aliphatic rings. The van der Waals surface area contributed by atoms with Gasteiger partial charge >= 0.3 is 0 Å². The molecular formula is C18H19N3O2. The number of methoxy groups -OCH3 is 1. The van der Waals surface area contributed by atoms with Gasteiger partial charge in [-0.25, -0.2) is 4.99 Å². The van der Waals surface area contributed by atoms with E-state index >= 15 is 0 Å². The maximum Gasteiger partial charge on any atom is 0.180 e. The maximum absolute atomic E-state index is 6.16. The quantitative estimate of drug-likeness (QED) is 0.880. The van der Waals surface area contributed by atoms with Crippen LogP contribution < -0.4 is 14.8 Å². The van der Waals surface area contributed by atoms with Crippen molar-refractivity contribution in [3.8, 4) is 17.2 Å². The molecule has 2 aromatic carbocycles. The number of hydrogen-bond acceptors (Lipinski definition) is 5. The molecule has 0 bridgehead atoms. The lowest BCUT2D eigenvalue weighted by Gasteiger charge is -2.30. The highest BCUT2D eigenvalue weighted by molar-refractivity contribution is 6.04. The van der Waals surface area contributed by atoms with E-state index in [1.54, 1.807) is 7.11 Å². The number of aliphatic imine (C=N–C) groups is 1. The van der Waals surface area contributed by atoms with Gasteiger partial charge in [-0.1, -0.05) is 18.2 Å². The fourth-order valence-electron chi connectivity index (χ4n) is 3.00. The van der Waals surface area contributed by atoms with E-state index < -0.39 is 0 Å². The van der Waals surface area contributed by atoms with E-state index in [0.29, 0.717) is 0 Å². The Hall–Kier alpha value is -2.53. The molecule has 4 rings (SSSR count). The molecule has 0 amide bonds. The average Bonchev–Trinajstić information content (AvgIpc) is 2.79. The molecule has 0 atom stereocenters. The second-order valence-electron chi connectivity index (χ2n) is 5.58. The predicted molar refractivity (Wildman–Crippen MR) is 90.1 cm³/mol. The normalized spacial score (nSPS) is 16.6. The van der Waals surface area contributed by atoms with Gasteiger partial charge in [0.05, 0.1) is 12.7 Å². The van der Waals surface area contributed by atoms with E-state index in [0.717, 1.165) is 60.5 Å². The molecule has 5 nitrogen and oxygen atoms in total. The Morgan fingerprint density at radius 3 is 2.74 bits per heavy atom. The fourth-order valence-corrected chi connectivity index (χ4v) is 3.00. The summed E-state index contributed by atoms with van der Waals surface area (Å²) in [4.78, 5) is 7.22. The summed E-state index contributed by atoms with van der Waals surface area (Å²) in [6.45, 7) is 3.77. The minimum Gasteiger partial charge on any atom is -0.493 e. The van der Waals surface area contributed by atoms with Crippen LogP contribution in [-0.4, -0.2) is 44.0 Å². The molecule has 0 radical (unpaired) electrons. The number of nitrogens with zero attached hydrogens (tertiary/aromatic N) is 2. The van der Waals surface area contributed by atoms with Crippen LogP contribution in [0.3, 0.4) is 0 Å². The summed E-state index contributed by atoms with van der Waals surface area (Å²) >= 11 is 0. The lowest BCUT2D eigenvalue weighted by atomic mass is 10.1. The first-order valence-electron chi connectivity index (χ1n) is 7.85. The minimum absolute atomic E-state index is 0.724. The van der Waals surface area contributed by atoms with Crippen LogP contribution in [0.4, 0.5) is 5.69 Å². The van der Waals surface area contributed by atoms with Crippen molar-refractivity contribution in [1.82, 2.24) is 10.2 Å². The van der Waals surface area contributed by atoms with E-state index in [1.165, 1.54) is 0 Å². The standard InChI is InChI=1S/C18H19N3O2/c1-22-16-8-4-5-13-17(16)23-15-7-3-2-6-14(15)20-18(13)21-11-9-19-10-12-21/h2-8,19H,9-12H2,1H3. The number of benzene rings is 2. The van der Waals surface area contributed by atoms with Crippen LogP contribution in [0.25, 0.3) is 0 Å². The topological polar surface area (TPSA) is 46.1 Å². The van der Waals surface area contributed by atoms with Gasteiger partial charge in [-0.15, -0.1) is 0 Å². The van der Waals surface area contributed by atoms with Crippen molar-refractivity contribution >= 4 is 11.5 Å². The third kappa shape index (κ3) is 2.53. The first kappa shape index (κ1) is 14.1. The number of piperazine rings is 1. The largest absolute Gasteiger partial charge is 0.493 e. The number of para-hydroxylation sites is 3. The summed E-state index contributed by atoms with van der Waals surface area (Å²) in [6, 6.07) is 13.8. The van der Waals surface area contributed by atoms with Crippen molar-refractivity contribution in [2.45, 2.75) is 0 Å². The number of amidine groups is 1. The van der Waals surface area contributed by atoms with Gasteiger partial charge in [0, 0.05) is 26.2 Å². The summed E-state index contributed by atoms with van der Waals surface area (Å²) < 4.78 is 11.7. The van der Waals surface area contributed by atoms with E-state index in [9.17, 15) is 0 Å². The smallest absolute Gasteiger partial charge is 0.180 e. The zero-order valence-corrected chi connectivity index (χ0v) is 13.1. The SMILES string of the molecule is COc1cccc2c1Oc1ccccc1N=C2N1CCNCC1. The van der Waals surface area contributed by atoms with Crippen LogP contribution in [0.15, 0.2) is 47.5 Å². The van der Waals surface area contributed by atoms with Gasteiger partial charge in [0.25, 0.3) is 0 Å². The van der Waals surface area contributed by atoms with Gasteiger partial charge in [0.1, 0.15) is 11.5 Å². The van der Waals surface area contributed by atoms with Gasteiger partial charge in [-0.3, -0.25) is 0 Å². The number of rotatable bonds is 1. The molecule has 5 heteroatoms. The molecule has 2 aliphatic heterocycles. The Bertz CT molecular complexity index is 752. The van der Waals surface area contributed by atoms with Crippen molar-refractivity contribution in [2.75, 3.05) is 33.3 Å². The zero-order valence-electron chi connectivity index (χ0n) is 13.1. The Balaban J connectivity index is 1.90. The van der Waals surface area contributed by atoms with Crippen LogP contribution in [0, 0.1) is 0 Å². The van der Waals surface area contributed by atoms with Gasteiger partial charge in [-0.05, 0) is 24.3 Å². The van der Waals surface area contributed by atoms with Gasteiger partial charge < -0.3 is 19.7 Å². The van der Waals surface area contributed by atoms with Crippen molar-refractivity contribution in [3.05, 3.63) is 48.0 Å². The molecule has 1 fully saturated rings. The molecule has 0 saturated carbocycles. The number of ether oxygens (including phenoxy) is 2. The molecule has 1 N–H and O–H groups in total. The van der Waals surface area contributed by atoms with Gasteiger partial charge in [-0.2, -0.15) is 0 Å². The summed E-state index contributed by atoms with van der Waals surface area (Å²) in [5.74, 6) is 3.16. The van der Waals surface area contributed by atoms with E-state index in [-0.39, 0.29) is 0 Å². The summed E-state index contributed by atoms with van der Waals surface area (Å²) in [7, 11) is 1.66. The third-order valence-electron chi connectivity index (χ3n) is 4.16. The molecule has 2 aromatic rings. The third-order valence-corrected chi connectivity index (χ3v) is 4.16. The molecule has 0 aliphatic carbocycles.